The molecular weight excluding hydrogens is 262 g/mol. The molecule has 2 fully saturated rings. The summed E-state index contributed by atoms with van der Waals surface area (Å²) in [6.07, 6.45) is 8.16. The minimum atomic E-state index is 0.603. The fourth-order valence-electron chi connectivity index (χ4n) is 3.64. The normalized spacial score (nSPS) is 21.7. The lowest BCUT2D eigenvalue weighted by Crippen LogP contribution is -2.42. The third kappa shape index (κ3) is 4.87. The number of ether oxygens (including phenoxy) is 1. The van der Waals surface area contributed by atoms with Crippen molar-refractivity contribution in [2.24, 2.45) is 16.3 Å². The molecule has 0 atom stereocenters. The van der Waals surface area contributed by atoms with Crippen LogP contribution in [0.3, 0.4) is 0 Å². The van der Waals surface area contributed by atoms with Gasteiger partial charge in [0.15, 0.2) is 5.96 Å². The number of nitrogens with zero attached hydrogens (tertiary/aromatic N) is 2. The smallest absolute Gasteiger partial charge is 0.193 e. The molecule has 0 aromatic carbocycles. The maximum Gasteiger partial charge on any atom is 0.193 e. The van der Waals surface area contributed by atoms with E-state index in [0.29, 0.717) is 5.41 Å². The van der Waals surface area contributed by atoms with Crippen molar-refractivity contribution < 1.29 is 4.74 Å². The number of nitrogens with one attached hydrogen (secondary N) is 1. The Morgan fingerprint density at radius 2 is 2.00 bits per heavy atom. The van der Waals surface area contributed by atoms with Gasteiger partial charge in [0.05, 0.1) is 6.61 Å². The molecule has 2 rings (SSSR count). The van der Waals surface area contributed by atoms with Gasteiger partial charge in [0.2, 0.25) is 0 Å². The quantitative estimate of drug-likeness (QED) is 0.465. The van der Waals surface area contributed by atoms with Crippen molar-refractivity contribution in [1.82, 2.24) is 10.2 Å². The highest BCUT2D eigenvalue weighted by Crippen LogP contribution is 2.45. The molecule has 122 valence electrons. The lowest BCUT2D eigenvalue weighted by Gasteiger charge is -2.25. The van der Waals surface area contributed by atoms with Crippen LogP contribution in [0, 0.1) is 11.3 Å². The highest BCUT2D eigenvalue weighted by atomic mass is 16.5. The van der Waals surface area contributed by atoms with Crippen LogP contribution in [0.15, 0.2) is 4.99 Å². The minimum Gasteiger partial charge on any atom is -0.380 e. The molecule has 1 heterocycles. The van der Waals surface area contributed by atoms with Gasteiger partial charge in [0.1, 0.15) is 0 Å². The summed E-state index contributed by atoms with van der Waals surface area (Å²) >= 11 is 0. The molecule has 21 heavy (non-hydrogen) atoms. The van der Waals surface area contributed by atoms with Crippen LogP contribution < -0.4 is 5.32 Å². The average molecular weight is 295 g/mol. The second-order valence-electron chi connectivity index (χ2n) is 7.15. The summed E-state index contributed by atoms with van der Waals surface area (Å²) in [5.41, 5.74) is 0.603. The van der Waals surface area contributed by atoms with Gasteiger partial charge in [-0.2, -0.15) is 0 Å². The highest BCUT2D eigenvalue weighted by molar-refractivity contribution is 5.80. The van der Waals surface area contributed by atoms with Crippen LogP contribution in [0.5, 0.6) is 0 Å². The molecule has 0 amide bonds. The second-order valence-corrected chi connectivity index (χ2v) is 7.15. The van der Waals surface area contributed by atoms with E-state index in [1.165, 1.54) is 38.6 Å². The number of likely N-dealkylation sites (tertiary alicyclic amines) is 1. The van der Waals surface area contributed by atoms with Crippen LogP contribution in [0.4, 0.5) is 0 Å². The van der Waals surface area contributed by atoms with Gasteiger partial charge in [-0.15, -0.1) is 0 Å². The molecule has 1 aliphatic heterocycles. The van der Waals surface area contributed by atoms with Gasteiger partial charge >= 0.3 is 0 Å². The largest absolute Gasteiger partial charge is 0.380 e. The third-order valence-electron chi connectivity index (χ3n) is 4.98. The van der Waals surface area contributed by atoms with E-state index in [-0.39, 0.29) is 0 Å². The molecule has 1 spiro atoms. The molecule has 1 N–H and O–H groups in total. The average Bonchev–Trinajstić information content (AvgIpc) is 3.09. The van der Waals surface area contributed by atoms with Crippen molar-refractivity contribution in [2.45, 2.75) is 52.4 Å². The highest BCUT2D eigenvalue weighted by Gasteiger charge is 2.40. The van der Waals surface area contributed by atoms with E-state index in [2.05, 4.69) is 29.1 Å². The second kappa shape index (κ2) is 8.02. The van der Waals surface area contributed by atoms with Gasteiger partial charge in [-0.25, -0.2) is 0 Å². The zero-order valence-electron chi connectivity index (χ0n) is 14.2. The van der Waals surface area contributed by atoms with Crippen LogP contribution in [-0.2, 0) is 4.74 Å². The van der Waals surface area contributed by atoms with Crippen LogP contribution in [-0.4, -0.2) is 50.8 Å². The van der Waals surface area contributed by atoms with Gasteiger partial charge in [-0.3, -0.25) is 4.99 Å². The van der Waals surface area contributed by atoms with Crippen LogP contribution in [0.2, 0.25) is 0 Å². The van der Waals surface area contributed by atoms with E-state index in [0.717, 1.165) is 44.6 Å². The minimum absolute atomic E-state index is 0.603. The van der Waals surface area contributed by atoms with Gasteiger partial charge in [0.25, 0.3) is 0 Å². The van der Waals surface area contributed by atoms with Crippen LogP contribution in [0.25, 0.3) is 0 Å². The number of hydrogen-bond acceptors (Lipinski definition) is 2. The van der Waals surface area contributed by atoms with E-state index in [9.17, 15) is 0 Å². The molecule has 1 aliphatic carbocycles. The van der Waals surface area contributed by atoms with Crippen molar-refractivity contribution in [2.75, 3.05) is 39.9 Å². The van der Waals surface area contributed by atoms with E-state index < -0.39 is 0 Å². The molecule has 0 aromatic rings. The van der Waals surface area contributed by atoms with E-state index in [4.69, 9.17) is 4.74 Å². The van der Waals surface area contributed by atoms with Crippen molar-refractivity contribution in [3.8, 4) is 0 Å². The number of hydrogen-bond donors (Lipinski definition) is 1. The number of aliphatic imine (C=N–C) groups is 1. The molecule has 0 aromatic heterocycles. The third-order valence-corrected chi connectivity index (χ3v) is 4.98. The first-order valence-electron chi connectivity index (χ1n) is 8.68. The summed E-state index contributed by atoms with van der Waals surface area (Å²) in [4.78, 5) is 6.89. The Labute approximate surface area is 130 Å². The zero-order valence-corrected chi connectivity index (χ0v) is 14.2. The standard InChI is InChI=1S/C17H33N3O/c1-15(2)6-12-21-13-10-19-16(18-3)20-11-9-17(14-20)7-4-5-8-17/h15H,4-14H2,1-3H3,(H,18,19). The van der Waals surface area contributed by atoms with Gasteiger partial charge < -0.3 is 15.0 Å². The monoisotopic (exact) mass is 295 g/mol. The summed E-state index contributed by atoms with van der Waals surface area (Å²) in [7, 11) is 1.89. The number of rotatable bonds is 6. The summed E-state index contributed by atoms with van der Waals surface area (Å²) < 4.78 is 5.66. The van der Waals surface area contributed by atoms with Crippen molar-refractivity contribution in [3.05, 3.63) is 0 Å². The van der Waals surface area contributed by atoms with Crippen LogP contribution in [0.1, 0.15) is 52.4 Å². The van der Waals surface area contributed by atoms with E-state index in [1.54, 1.807) is 0 Å². The van der Waals surface area contributed by atoms with E-state index >= 15 is 0 Å². The molecule has 0 bridgehead atoms. The molecular formula is C17H33N3O. The Kier molecular flexibility index (Phi) is 6.34. The molecule has 4 heteroatoms. The van der Waals surface area contributed by atoms with Crippen LogP contribution >= 0.6 is 0 Å². The maximum absolute atomic E-state index is 5.66. The topological polar surface area (TPSA) is 36.9 Å². The van der Waals surface area contributed by atoms with E-state index in [1.807, 2.05) is 7.05 Å². The molecule has 2 aliphatic rings. The Morgan fingerprint density at radius 1 is 1.24 bits per heavy atom. The zero-order chi connectivity index (χ0) is 15.1. The molecule has 1 saturated heterocycles. The summed E-state index contributed by atoms with van der Waals surface area (Å²) in [5, 5.41) is 3.46. The fourth-order valence-corrected chi connectivity index (χ4v) is 3.64. The Balaban J connectivity index is 1.65. The lowest BCUT2D eigenvalue weighted by atomic mass is 9.86. The molecule has 0 unspecified atom stereocenters. The SMILES string of the molecule is CN=C(NCCOCCC(C)C)N1CCC2(CCCC2)C1. The Hall–Kier alpha value is -0.770. The van der Waals surface area contributed by atoms with Gasteiger partial charge in [-0.1, -0.05) is 26.7 Å². The first-order chi connectivity index (χ1) is 10.2. The van der Waals surface area contributed by atoms with Crippen molar-refractivity contribution in [3.63, 3.8) is 0 Å². The summed E-state index contributed by atoms with van der Waals surface area (Å²) in [6.45, 7) is 9.31. The predicted molar refractivity (Wildman–Crippen MR) is 88.7 cm³/mol. The summed E-state index contributed by atoms with van der Waals surface area (Å²) in [6, 6.07) is 0. The Bertz CT molecular complexity index is 335. The summed E-state index contributed by atoms with van der Waals surface area (Å²) in [5.74, 6) is 1.78. The number of guanidine groups is 1. The first kappa shape index (κ1) is 16.6. The van der Waals surface area contributed by atoms with Crippen molar-refractivity contribution >= 4 is 5.96 Å². The molecule has 4 nitrogen and oxygen atoms in total. The molecule has 0 radical (unpaired) electrons. The fraction of sp³-hybridized carbons (Fsp3) is 0.941. The lowest BCUT2D eigenvalue weighted by molar-refractivity contribution is 0.127. The first-order valence-corrected chi connectivity index (χ1v) is 8.68. The maximum atomic E-state index is 5.66. The molecule has 1 saturated carbocycles. The van der Waals surface area contributed by atoms with Crippen molar-refractivity contribution in [1.29, 1.82) is 0 Å². The van der Waals surface area contributed by atoms with Gasteiger partial charge in [-0.05, 0) is 37.0 Å². The van der Waals surface area contributed by atoms with Gasteiger partial charge in [0, 0.05) is 33.3 Å². The predicted octanol–water partition coefficient (Wildman–Crippen LogP) is 2.89. The Morgan fingerprint density at radius 3 is 2.67 bits per heavy atom.